The predicted molar refractivity (Wildman–Crippen MR) is 92.3 cm³/mol. The van der Waals surface area contributed by atoms with Crippen LogP contribution in [0, 0.1) is 0 Å². The summed E-state index contributed by atoms with van der Waals surface area (Å²) in [7, 11) is -3.58. The normalized spacial score (nSPS) is 14.9. The minimum Gasteiger partial charge on any atom is -0.366 e. The van der Waals surface area contributed by atoms with Crippen molar-refractivity contribution in [1.29, 1.82) is 0 Å². The molecule has 5 nitrogen and oxygen atoms in total. The summed E-state index contributed by atoms with van der Waals surface area (Å²) < 4.78 is 27.2. The molecule has 0 unspecified atom stereocenters. The van der Waals surface area contributed by atoms with Crippen LogP contribution in [0.5, 0.6) is 0 Å². The Bertz CT molecular complexity index is 1070. The third-order valence-corrected chi connectivity index (χ3v) is 6.05. The van der Waals surface area contributed by atoms with Gasteiger partial charge in [0.2, 0.25) is 5.91 Å². The van der Waals surface area contributed by atoms with Gasteiger partial charge in [-0.25, -0.2) is 8.42 Å². The number of anilines is 1. The number of carbonyl (C=O) groups is 1. The van der Waals surface area contributed by atoms with E-state index in [1.165, 1.54) is 4.31 Å². The zero-order chi connectivity index (χ0) is 16.9. The molecular formula is C18H14N2O3S. The number of rotatable bonds is 3. The molecule has 0 fully saturated rings. The van der Waals surface area contributed by atoms with Crippen molar-refractivity contribution in [3.05, 3.63) is 71.8 Å². The van der Waals surface area contributed by atoms with Gasteiger partial charge in [-0.15, -0.1) is 0 Å². The average molecular weight is 338 g/mol. The van der Waals surface area contributed by atoms with E-state index in [9.17, 15) is 13.2 Å². The van der Waals surface area contributed by atoms with Gasteiger partial charge in [0.25, 0.3) is 10.0 Å². The fourth-order valence-corrected chi connectivity index (χ4v) is 4.77. The Balaban J connectivity index is 1.80. The summed E-state index contributed by atoms with van der Waals surface area (Å²) in [6, 6.07) is 17.5. The highest BCUT2D eigenvalue weighted by molar-refractivity contribution is 7.93. The molecule has 4 rings (SSSR count). The molecule has 0 saturated heterocycles. The van der Waals surface area contributed by atoms with E-state index in [1.807, 2.05) is 24.3 Å². The van der Waals surface area contributed by atoms with Crippen LogP contribution in [0.25, 0.3) is 10.8 Å². The fraction of sp³-hybridized carbons (Fsp3) is 0.0556. The fourth-order valence-electron chi connectivity index (χ4n) is 3.07. The van der Waals surface area contributed by atoms with E-state index < -0.39 is 15.9 Å². The predicted octanol–water partition coefficient (Wildman–Crippen LogP) is 2.65. The molecule has 0 aliphatic carbocycles. The number of amides is 1. The van der Waals surface area contributed by atoms with Gasteiger partial charge in [-0.2, -0.15) is 0 Å². The summed E-state index contributed by atoms with van der Waals surface area (Å²) in [5, 5.41) is 1.66. The molecule has 0 aromatic heterocycles. The monoisotopic (exact) mass is 338 g/mol. The van der Waals surface area contributed by atoms with Crippen LogP contribution in [0.4, 0.5) is 5.69 Å². The lowest BCUT2D eigenvalue weighted by molar-refractivity contribution is 0.100. The number of nitrogens with two attached hydrogens (primary N) is 1. The molecule has 6 heteroatoms. The Morgan fingerprint density at radius 1 is 0.958 bits per heavy atom. The number of hydrogen-bond donors (Lipinski definition) is 1. The highest BCUT2D eigenvalue weighted by Gasteiger charge is 2.35. The Labute approximate surface area is 139 Å². The molecule has 3 aromatic carbocycles. The van der Waals surface area contributed by atoms with Crippen molar-refractivity contribution in [2.45, 2.75) is 11.4 Å². The molecule has 0 bridgehead atoms. The minimum atomic E-state index is -3.58. The van der Waals surface area contributed by atoms with Crippen LogP contribution in [-0.4, -0.2) is 14.3 Å². The minimum absolute atomic E-state index is 0.204. The van der Waals surface area contributed by atoms with Gasteiger partial charge >= 0.3 is 0 Å². The second-order valence-corrected chi connectivity index (χ2v) is 7.53. The van der Waals surface area contributed by atoms with Gasteiger partial charge in [0.15, 0.2) is 0 Å². The van der Waals surface area contributed by atoms with Gasteiger partial charge in [-0.1, -0.05) is 36.4 Å². The summed E-state index contributed by atoms with van der Waals surface area (Å²) in [5.74, 6) is -0.507. The molecule has 120 valence electrons. The van der Waals surface area contributed by atoms with Gasteiger partial charge < -0.3 is 5.73 Å². The molecule has 2 N–H and O–H groups in total. The van der Waals surface area contributed by atoms with Gasteiger partial charge in [-0.05, 0) is 35.2 Å². The molecule has 1 aliphatic heterocycles. The zero-order valence-electron chi connectivity index (χ0n) is 12.6. The van der Waals surface area contributed by atoms with Gasteiger partial charge in [0, 0.05) is 10.9 Å². The van der Waals surface area contributed by atoms with Gasteiger partial charge in [0.1, 0.15) is 0 Å². The molecule has 1 heterocycles. The maximum Gasteiger partial charge on any atom is 0.265 e. The third-order valence-electron chi connectivity index (χ3n) is 4.25. The molecule has 0 atom stereocenters. The number of nitrogens with zero attached hydrogens (tertiary/aromatic N) is 1. The summed E-state index contributed by atoms with van der Waals surface area (Å²) in [6.07, 6.45) is 0. The first kappa shape index (κ1) is 14.7. The maximum absolute atomic E-state index is 12.9. The molecule has 24 heavy (non-hydrogen) atoms. The number of hydrogen-bond acceptors (Lipinski definition) is 3. The smallest absolute Gasteiger partial charge is 0.265 e. The summed E-state index contributed by atoms with van der Waals surface area (Å²) >= 11 is 0. The maximum atomic E-state index is 12.9. The van der Waals surface area contributed by atoms with E-state index in [1.54, 1.807) is 36.4 Å². The second kappa shape index (κ2) is 5.07. The van der Waals surface area contributed by atoms with E-state index >= 15 is 0 Å². The lowest BCUT2D eigenvalue weighted by atomic mass is 10.1. The van der Waals surface area contributed by atoms with Crippen LogP contribution < -0.4 is 10.0 Å². The number of primary amides is 1. The van der Waals surface area contributed by atoms with E-state index in [0.29, 0.717) is 16.1 Å². The van der Waals surface area contributed by atoms with Crippen molar-refractivity contribution in [3.8, 4) is 0 Å². The van der Waals surface area contributed by atoms with Crippen LogP contribution >= 0.6 is 0 Å². The number of benzene rings is 3. The standard InChI is InChI=1S/C18H14N2O3S/c19-18(21)14-9-7-12(8-10-14)11-20-15-5-1-3-13-4-2-6-16(17(13)15)24(20,22)23/h1-10H,11H2,(H2,19,21). The summed E-state index contributed by atoms with van der Waals surface area (Å²) in [5.41, 5.74) is 7.10. The Morgan fingerprint density at radius 2 is 1.62 bits per heavy atom. The molecular weight excluding hydrogens is 324 g/mol. The Morgan fingerprint density at radius 3 is 2.29 bits per heavy atom. The van der Waals surface area contributed by atoms with Crippen LogP contribution in [0.15, 0.2) is 65.6 Å². The highest BCUT2D eigenvalue weighted by Crippen LogP contribution is 2.42. The lowest BCUT2D eigenvalue weighted by Crippen LogP contribution is -2.26. The largest absolute Gasteiger partial charge is 0.366 e. The second-order valence-electron chi connectivity index (χ2n) is 5.70. The average Bonchev–Trinajstić information content (AvgIpc) is 2.79. The molecule has 0 saturated carbocycles. The highest BCUT2D eigenvalue weighted by atomic mass is 32.2. The van der Waals surface area contributed by atoms with Crippen LogP contribution in [-0.2, 0) is 16.6 Å². The van der Waals surface area contributed by atoms with E-state index in [0.717, 1.165) is 16.3 Å². The van der Waals surface area contributed by atoms with Crippen molar-refractivity contribution in [1.82, 2.24) is 0 Å². The first-order chi connectivity index (χ1) is 11.5. The third kappa shape index (κ3) is 2.07. The molecule has 3 aromatic rings. The first-order valence-electron chi connectivity index (χ1n) is 7.42. The lowest BCUT2D eigenvalue weighted by Gasteiger charge is -2.19. The number of sulfonamides is 1. The zero-order valence-corrected chi connectivity index (χ0v) is 13.5. The van der Waals surface area contributed by atoms with Crippen molar-refractivity contribution >= 4 is 32.4 Å². The van der Waals surface area contributed by atoms with E-state index in [2.05, 4.69) is 0 Å². The van der Waals surface area contributed by atoms with Crippen molar-refractivity contribution in [2.24, 2.45) is 5.73 Å². The van der Waals surface area contributed by atoms with Crippen molar-refractivity contribution in [2.75, 3.05) is 4.31 Å². The quantitative estimate of drug-likeness (QED) is 0.797. The van der Waals surface area contributed by atoms with Crippen LogP contribution in [0.3, 0.4) is 0 Å². The van der Waals surface area contributed by atoms with Gasteiger partial charge in [0.05, 0.1) is 17.1 Å². The molecule has 0 spiro atoms. The SMILES string of the molecule is NC(=O)c1ccc(CN2c3cccc4cccc(c34)S2(=O)=O)cc1. The van der Waals surface area contributed by atoms with Crippen molar-refractivity contribution in [3.63, 3.8) is 0 Å². The molecule has 1 amide bonds. The summed E-state index contributed by atoms with van der Waals surface area (Å²) in [6.45, 7) is 0.204. The first-order valence-corrected chi connectivity index (χ1v) is 8.86. The van der Waals surface area contributed by atoms with Crippen LogP contribution in [0.1, 0.15) is 15.9 Å². The Hall–Kier alpha value is -2.86. The van der Waals surface area contributed by atoms with E-state index in [4.69, 9.17) is 5.73 Å². The Kier molecular flexibility index (Phi) is 3.11. The van der Waals surface area contributed by atoms with E-state index in [-0.39, 0.29) is 6.54 Å². The van der Waals surface area contributed by atoms with Crippen molar-refractivity contribution < 1.29 is 13.2 Å². The molecule has 0 radical (unpaired) electrons. The van der Waals surface area contributed by atoms with Crippen LogP contribution in [0.2, 0.25) is 0 Å². The van der Waals surface area contributed by atoms with Gasteiger partial charge in [-0.3, -0.25) is 9.10 Å². The summed E-state index contributed by atoms with van der Waals surface area (Å²) in [4.78, 5) is 11.5. The molecule has 1 aliphatic rings. The number of carbonyl (C=O) groups excluding carboxylic acids is 1. The topological polar surface area (TPSA) is 80.5 Å².